The Bertz CT molecular complexity index is 736. The second-order valence-electron chi connectivity index (χ2n) is 6.93. The van der Waals surface area contributed by atoms with Gasteiger partial charge in [-0.1, -0.05) is 19.3 Å². The molecule has 146 valence electrons. The predicted molar refractivity (Wildman–Crippen MR) is 99.2 cm³/mol. The molecule has 1 heterocycles. The summed E-state index contributed by atoms with van der Waals surface area (Å²) in [7, 11) is 1.51. The zero-order chi connectivity index (χ0) is 19.4. The van der Waals surface area contributed by atoms with Gasteiger partial charge in [-0.2, -0.15) is 0 Å². The van der Waals surface area contributed by atoms with Gasteiger partial charge < -0.3 is 20.5 Å². The number of methoxy groups -OCH3 is 1. The third-order valence-corrected chi connectivity index (χ3v) is 5.24. The van der Waals surface area contributed by atoms with Crippen LogP contribution in [0.1, 0.15) is 42.5 Å². The standard InChI is InChI=1S/C19H25N3O5/c1-27-16-8-7-12(11-15(16)22-10-9-20-19(22)26)17(23)21-14-6-4-2-3-5-13(14)18(24)25/h7-8,11,13-14H,2-6,9-10H2,1H3,(H,20,26)(H,21,23)(H,24,25)/t13-,14+/m1/s1. The number of nitrogens with zero attached hydrogens (tertiary/aromatic N) is 1. The van der Waals surface area contributed by atoms with E-state index in [4.69, 9.17) is 4.74 Å². The highest BCUT2D eigenvalue weighted by Crippen LogP contribution is 2.31. The number of hydrogen-bond acceptors (Lipinski definition) is 4. The number of urea groups is 1. The second-order valence-corrected chi connectivity index (χ2v) is 6.93. The molecule has 1 aromatic carbocycles. The molecule has 1 aliphatic carbocycles. The Balaban J connectivity index is 1.81. The number of carboxylic acids is 1. The van der Waals surface area contributed by atoms with Crippen molar-refractivity contribution in [2.45, 2.75) is 38.1 Å². The minimum atomic E-state index is -0.869. The molecular weight excluding hydrogens is 350 g/mol. The predicted octanol–water partition coefficient (Wildman–Crippen LogP) is 1.99. The highest BCUT2D eigenvalue weighted by molar-refractivity contribution is 6.00. The molecule has 0 radical (unpaired) electrons. The Kier molecular flexibility index (Phi) is 5.83. The van der Waals surface area contributed by atoms with Crippen molar-refractivity contribution in [2.24, 2.45) is 5.92 Å². The van der Waals surface area contributed by atoms with Crippen LogP contribution in [0, 0.1) is 5.92 Å². The Morgan fingerprint density at radius 2 is 2.04 bits per heavy atom. The Morgan fingerprint density at radius 1 is 1.26 bits per heavy atom. The van der Waals surface area contributed by atoms with Crippen LogP contribution >= 0.6 is 0 Å². The van der Waals surface area contributed by atoms with E-state index in [1.54, 1.807) is 18.2 Å². The topological polar surface area (TPSA) is 108 Å². The lowest BCUT2D eigenvalue weighted by Crippen LogP contribution is -2.42. The molecular formula is C19H25N3O5. The lowest BCUT2D eigenvalue weighted by atomic mass is 9.94. The fourth-order valence-corrected chi connectivity index (χ4v) is 3.77. The van der Waals surface area contributed by atoms with Crippen LogP contribution in [0.4, 0.5) is 10.5 Å². The van der Waals surface area contributed by atoms with Crippen molar-refractivity contribution >= 4 is 23.6 Å². The van der Waals surface area contributed by atoms with Crippen LogP contribution in [0.15, 0.2) is 18.2 Å². The maximum atomic E-state index is 12.8. The van der Waals surface area contributed by atoms with Crippen LogP contribution in [-0.4, -0.2) is 49.3 Å². The van der Waals surface area contributed by atoms with Gasteiger partial charge in [0.2, 0.25) is 0 Å². The monoisotopic (exact) mass is 375 g/mol. The molecule has 8 nitrogen and oxygen atoms in total. The molecule has 1 aliphatic heterocycles. The van der Waals surface area contributed by atoms with Gasteiger partial charge in [0.1, 0.15) is 5.75 Å². The van der Waals surface area contributed by atoms with Gasteiger partial charge in [0, 0.05) is 24.7 Å². The molecule has 2 aliphatic rings. The summed E-state index contributed by atoms with van der Waals surface area (Å²) < 4.78 is 5.32. The van der Waals surface area contributed by atoms with E-state index in [1.165, 1.54) is 12.0 Å². The van der Waals surface area contributed by atoms with Crippen molar-refractivity contribution in [2.75, 3.05) is 25.1 Å². The molecule has 0 bridgehead atoms. The molecule has 2 fully saturated rings. The molecule has 0 aromatic heterocycles. The number of nitrogens with one attached hydrogen (secondary N) is 2. The van der Waals surface area contributed by atoms with Gasteiger partial charge in [-0.05, 0) is 31.0 Å². The van der Waals surface area contributed by atoms with E-state index in [0.29, 0.717) is 42.9 Å². The molecule has 3 N–H and O–H groups in total. The van der Waals surface area contributed by atoms with Crippen molar-refractivity contribution < 1.29 is 24.2 Å². The fourth-order valence-electron chi connectivity index (χ4n) is 3.77. The van der Waals surface area contributed by atoms with Crippen LogP contribution in [0.3, 0.4) is 0 Å². The summed E-state index contributed by atoms with van der Waals surface area (Å²) in [6.07, 6.45) is 3.96. The van der Waals surface area contributed by atoms with Gasteiger partial charge in [0.05, 0.1) is 18.7 Å². The zero-order valence-electron chi connectivity index (χ0n) is 15.4. The number of amides is 3. The molecule has 1 saturated carbocycles. The largest absolute Gasteiger partial charge is 0.495 e. The Labute approximate surface area is 157 Å². The third kappa shape index (κ3) is 4.15. The molecule has 0 spiro atoms. The first kappa shape index (κ1) is 19.0. The first-order valence-corrected chi connectivity index (χ1v) is 9.28. The number of carboxylic acid groups (broad SMARTS) is 1. The summed E-state index contributed by atoms with van der Waals surface area (Å²) in [6, 6.07) is 4.26. The molecule has 3 amide bonds. The molecule has 0 unspecified atom stereocenters. The Morgan fingerprint density at radius 3 is 2.70 bits per heavy atom. The van der Waals surface area contributed by atoms with Crippen molar-refractivity contribution in [3.05, 3.63) is 23.8 Å². The molecule has 1 saturated heterocycles. The van der Waals surface area contributed by atoms with Crippen LogP contribution < -0.4 is 20.3 Å². The summed E-state index contributed by atoms with van der Waals surface area (Å²) in [5, 5.41) is 15.1. The average molecular weight is 375 g/mol. The number of carbonyl (C=O) groups is 3. The highest BCUT2D eigenvalue weighted by atomic mass is 16.5. The van der Waals surface area contributed by atoms with E-state index in [0.717, 1.165) is 19.3 Å². The van der Waals surface area contributed by atoms with E-state index < -0.39 is 17.9 Å². The minimum Gasteiger partial charge on any atom is -0.495 e. The number of ether oxygens (including phenoxy) is 1. The second kappa shape index (κ2) is 8.28. The van der Waals surface area contributed by atoms with Crippen LogP contribution in [0.2, 0.25) is 0 Å². The van der Waals surface area contributed by atoms with Gasteiger partial charge >= 0.3 is 12.0 Å². The van der Waals surface area contributed by atoms with E-state index in [2.05, 4.69) is 10.6 Å². The van der Waals surface area contributed by atoms with Crippen molar-refractivity contribution in [1.82, 2.24) is 10.6 Å². The van der Waals surface area contributed by atoms with Crippen LogP contribution in [0.25, 0.3) is 0 Å². The zero-order valence-corrected chi connectivity index (χ0v) is 15.4. The van der Waals surface area contributed by atoms with E-state index in [-0.39, 0.29) is 11.9 Å². The van der Waals surface area contributed by atoms with Crippen molar-refractivity contribution in [3.63, 3.8) is 0 Å². The smallest absolute Gasteiger partial charge is 0.322 e. The average Bonchev–Trinajstić information content (AvgIpc) is 2.94. The highest BCUT2D eigenvalue weighted by Gasteiger charge is 2.31. The number of hydrogen-bond donors (Lipinski definition) is 3. The Hall–Kier alpha value is -2.77. The molecule has 2 atom stereocenters. The van der Waals surface area contributed by atoms with Gasteiger partial charge in [-0.25, -0.2) is 4.79 Å². The molecule has 27 heavy (non-hydrogen) atoms. The number of rotatable bonds is 5. The quantitative estimate of drug-likeness (QED) is 0.682. The van der Waals surface area contributed by atoms with Crippen molar-refractivity contribution in [1.29, 1.82) is 0 Å². The third-order valence-electron chi connectivity index (χ3n) is 5.24. The normalized spacial score (nSPS) is 22.7. The van der Waals surface area contributed by atoms with Gasteiger partial charge in [-0.15, -0.1) is 0 Å². The molecule has 1 aromatic rings. The van der Waals surface area contributed by atoms with Gasteiger partial charge in [0.15, 0.2) is 0 Å². The fraction of sp³-hybridized carbons (Fsp3) is 0.526. The lowest BCUT2D eigenvalue weighted by Gasteiger charge is -2.23. The van der Waals surface area contributed by atoms with E-state index >= 15 is 0 Å². The summed E-state index contributed by atoms with van der Waals surface area (Å²) in [5.74, 6) is -1.27. The SMILES string of the molecule is COc1ccc(C(=O)N[C@H]2CCCCC[C@H]2C(=O)O)cc1N1CCNC1=O. The van der Waals surface area contributed by atoms with Crippen LogP contribution in [-0.2, 0) is 4.79 Å². The maximum Gasteiger partial charge on any atom is 0.322 e. The minimum absolute atomic E-state index is 0.236. The summed E-state index contributed by atoms with van der Waals surface area (Å²) >= 11 is 0. The van der Waals surface area contributed by atoms with Gasteiger partial charge in [-0.3, -0.25) is 14.5 Å². The first-order chi connectivity index (χ1) is 13.0. The number of aliphatic carboxylic acids is 1. The van der Waals surface area contributed by atoms with E-state index in [1.807, 2.05) is 0 Å². The number of anilines is 1. The summed E-state index contributed by atoms with van der Waals surface area (Å²) in [5.41, 5.74) is 0.898. The van der Waals surface area contributed by atoms with Crippen LogP contribution in [0.5, 0.6) is 5.75 Å². The lowest BCUT2D eigenvalue weighted by molar-refractivity contribution is -0.142. The number of carbonyl (C=O) groups excluding carboxylic acids is 2. The first-order valence-electron chi connectivity index (χ1n) is 9.28. The van der Waals surface area contributed by atoms with Crippen molar-refractivity contribution in [3.8, 4) is 5.75 Å². The summed E-state index contributed by atoms with van der Waals surface area (Å²) in [4.78, 5) is 37.9. The van der Waals surface area contributed by atoms with E-state index in [9.17, 15) is 19.5 Å². The molecule has 8 heteroatoms. The maximum absolute atomic E-state index is 12.8. The molecule has 3 rings (SSSR count). The summed E-state index contributed by atoms with van der Waals surface area (Å²) in [6.45, 7) is 1.02. The number of benzene rings is 1. The van der Waals surface area contributed by atoms with Gasteiger partial charge in [0.25, 0.3) is 5.91 Å².